The number of aryl methyl sites for hydroxylation is 1. The molecule has 1 aliphatic rings. The summed E-state index contributed by atoms with van der Waals surface area (Å²) < 4.78 is 23.2. The van der Waals surface area contributed by atoms with E-state index in [2.05, 4.69) is 0 Å². The molecular formula is C14H20ClNO3S. The Kier molecular flexibility index (Phi) is 5.07. The SMILES string of the molecule is Cc1cc(CN(CCO)C2CCS(=O)(=O)C2)ccc1Cl. The first-order chi connectivity index (χ1) is 9.41. The number of hydrogen-bond acceptors (Lipinski definition) is 4. The van der Waals surface area contributed by atoms with Crippen molar-refractivity contribution in [1.29, 1.82) is 0 Å². The van der Waals surface area contributed by atoms with Crippen molar-refractivity contribution in [3.05, 3.63) is 34.3 Å². The number of aliphatic hydroxyl groups excluding tert-OH is 1. The molecule has 0 spiro atoms. The van der Waals surface area contributed by atoms with Gasteiger partial charge in [-0.3, -0.25) is 4.90 Å². The van der Waals surface area contributed by atoms with Crippen molar-refractivity contribution in [3.8, 4) is 0 Å². The van der Waals surface area contributed by atoms with E-state index in [1.54, 1.807) is 0 Å². The third-order valence-electron chi connectivity index (χ3n) is 3.72. The molecule has 1 atom stereocenters. The summed E-state index contributed by atoms with van der Waals surface area (Å²) in [4.78, 5) is 2.05. The summed E-state index contributed by atoms with van der Waals surface area (Å²) in [6.07, 6.45) is 0.648. The molecule has 4 nitrogen and oxygen atoms in total. The summed E-state index contributed by atoms with van der Waals surface area (Å²) in [6, 6.07) is 5.82. The van der Waals surface area contributed by atoms with Crippen LogP contribution in [0.2, 0.25) is 5.02 Å². The lowest BCUT2D eigenvalue weighted by atomic mass is 10.1. The van der Waals surface area contributed by atoms with Crippen LogP contribution in [0.5, 0.6) is 0 Å². The van der Waals surface area contributed by atoms with Crippen molar-refractivity contribution in [3.63, 3.8) is 0 Å². The molecule has 1 aromatic carbocycles. The van der Waals surface area contributed by atoms with Gasteiger partial charge in [-0.2, -0.15) is 0 Å². The minimum Gasteiger partial charge on any atom is -0.395 e. The van der Waals surface area contributed by atoms with Crippen LogP contribution in [0.3, 0.4) is 0 Å². The van der Waals surface area contributed by atoms with Gasteiger partial charge in [0.1, 0.15) is 0 Å². The van der Waals surface area contributed by atoms with Gasteiger partial charge in [0.15, 0.2) is 9.84 Å². The fraction of sp³-hybridized carbons (Fsp3) is 0.571. The molecule has 1 aromatic rings. The van der Waals surface area contributed by atoms with E-state index in [1.807, 2.05) is 30.0 Å². The van der Waals surface area contributed by atoms with Crippen LogP contribution in [0.1, 0.15) is 17.5 Å². The molecule has 0 aromatic heterocycles. The number of benzene rings is 1. The van der Waals surface area contributed by atoms with Gasteiger partial charge in [0.2, 0.25) is 0 Å². The summed E-state index contributed by atoms with van der Waals surface area (Å²) in [5, 5.41) is 9.92. The van der Waals surface area contributed by atoms with Crippen LogP contribution in [0, 0.1) is 6.92 Å². The van der Waals surface area contributed by atoms with E-state index in [0.717, 1.165) is 16.1 Å². The molecule has 0 aliphatic carbocycles. The van der Waals surface area contributed by atoms with E-state index in [-0.39, 0.29) is 24.2 Å². The fourth-order valence-electron chi connectivity index (χ4n) is 2.62. The van der Waals surface area contributed by atoms with Gasteiger partial charge in [0, 0.05) is 24.2 Å². The van der Waals surface area contributed by atoms with E-state index in [9.17, 15) is 13.5 Å². The summed E-state index contributed by atoms with van der Waals surface area (Å²) in [5.41, 5.74) is 2.09. The quantitative estimate of drug-likeness (QED) is 0.897. The molecule has 1 fully saturated rings. The highest BCUT2D eigenvalue weighted by molar-refractivity contribution is 7.91. The Balaban J connectivity index is 2.11. The van der Waals surface area contributed by atoms with Gasteiger partial charge in [-0.25, -0.2) is 8.42 Å². The van der Waals surface area contributed by atoms with Gasteiger partial charge in [-0.15, -0.1) is 0 Å². The molecule has 1 heterocycles. The minimum absolute atomic E-state index is 0.00290. The van der Waals surface area contributed by atoms with Crippen LogP contribution in [0.25, 0.3) is 0 Å². The van der Waals surface area contributed by atoms with Crippen LogP contribution in [0.15, 0.2) is 18.2 Å². The third-order valence-corrected chi connectivity index (χ3v) is 5.89. The molecule has 0 radical (unpaired) electrons. The van der Waals surface area contributed by atoms with Gasteiger partial charge in [0.25, 0.3) is 0 Å². The molecule has 1 N–H and O–H groups in total. The van der Waals surface area contributed by atoms with Gasteiger partial charge in [0.05, 0.1) is 18.1 Å². The molecule has 2 rings (SSSR count). The van der Waals surface area contributed by atoms with E-state index >= 15 is 0 Å². The molecular weight excluding hydrogens is 298 g/mol. The Bertz CT molecular complexity index is 574. The van der Waals surface area contributed by atoms with Crippen LogP contribution < -0.4 is 0 Å². The van der Waals surface area contributed by atoms with Crippen molar-refractivity contribution in [2.75, 3.05) is 24.7 Å². The molecule has 1 unspecified atom stereocenters. The van der Waals surface area contributed by atoms with Crippen molar-refractivity contribution >= 4 is 21.4 Å². The Labute approximate surface area is 125 Å². The Hall–Kier alpha value is -0.620. The van der Waals surface area contributed by atoms with Crippen molar-refractivity contribution < 1.29 is 13.5 Å². The lowest BCUT2D eigenvalue weighted by molar-refractivity contribution is 0.153. The highest BCUT2D eigenvalue weighted by atomic mass is 35.5. The first-order valence-electron chi connectivity index (χ1n) is 6.71. The lowest BCUT2D eigenvalue weighted by Gasteiger charge is -2.27. The summed E-state index contributed by atoms with van der Waals surface area (Å²) in [6.45, 7) is 3.10. The highest BCUT2D eigenvalue weighted by Gasteiger charge is 2.31. The second kappa shape index (κ2) is 6.43. The zero-order valence-electron chi connectivity index (χ0n) is 11.5. The Morgan fingerprint density at radius 3 is 2.75 bits per heavy atom. The molecule has 6 heteroatoms. The Morgan fingerprint density at radius 2 is 2.20 bits per heavy atom. The zero-order valence-corrected chi connectivity index (χ0v) is 13.1. The van der Waals surface area contributed by atoms with Gasteiger partial charge >= 0.3 is 0 Å². The number of sulfone groups is 1. The van der Waals surface area contributed by atoms with Crippen LogP contribution in [-0.2, 0) is 16.4 Å². The lowest BCUT2D eigenvalue weighted by Crippen LogP contribution is -2.37. The molecule has 0 bridgehead atoms. The van der Waals surface area contributed by atoms with Crippen LogP contribution >= 0.6 is 11.6 Å². The van der Waals surface area contributed by atoms with Crippen LogP contribution in [0.4, 0.5) is 0 Å². The molecule has 20 heavy (non-hydrogen) atoms. The zero-order chi connectivity index (χ0) is 14.8. The van der Waals surface area contributed by atoms with Crippen LogP contribution in [-0.4, -0.2) is 49.1 Å². The third kappa shape index (κ3) is 3.95. The smallest absolute Gasteiger partial charge is 0.151 e. The predicted molar refractivity (Wildman–Crippen MR) is 80.7 cm³/mol. The number of aliphatic hydroxyl groups is 1. The van der Waals surface area contributed by atoms with Crippen molar-refractivity contribution in [2.45, 2.75) is 25.9 Å². The molecule has 112 valence electrons. The normalized spacial score (nSPS) is 21.5. The fourth-order valence-corrected chi connectivity index (χ4v) is 4.50. The summed E-state index contributed by atoms with van der Waals surface area (Å²) in [5.74, 6) is 0.443. The van der Waals surface area contributed by atoms with Gasteiger partial charge in [-0.1, -0.05) is 23.7 Å². The monoisotopic (exact) mass is 317 g/mol. The molecule has 0 amide bonds. The van der Waals surface area contributed by atoms with E-state index < -0.39 is 9.84 Å². The molecule has 0 saturated carbocycles. The largest absolute Gasteiger partial charge is 0.395 e. The second-order valence-corrected chi connectivity index (χ2v) is 7.97. The topological polar surface area (TPSA) is 57.6 Å². The highest BCUT2D eigenvalue weighted by Crippen LogP contribution is 2.22. The maximum Gasteiger partial charge on any atom is 0.151 e. The molecule has 1 saturated heterocycles. The number of nitrogens with zero attached hydrogens (tertiary/aromatic N) is 1. The maximum absolute atomic E-state index is 11.6. The van der Waals surface area contributed by atoms with E-state index in [0.29, 0.717) is 19.5 Å². The first kappa shape index (κ1) is 15.8. The van der Waals surface area contributed by atoms with Crippen molar-refractivity contribution in [1.82, 2.24) is 4.90 Å². The maximum atomic E-state index is 11.6. The number of halogens is 1. The van der Waals surface area contributed by atoms with Gasteiger partial charge in [-0.05, 0) is 30.5 Å². The van der Waals surface area contributed by atoms with E-state index in [4.69, 9.17) is 11.6 Å². The van der Waals surface area contributed by atoms with E-state index in [1.165, 1.54) is 0 Å². The molecule has 1 aliphatic heterocycles. The second-order valence-electron chi connectivity index (χ2n) is 5.33. The predicted octanol–water partition coefficient (Wildman–Crippen LogP) is 1.63. The Morgan fingerprint density at radius 1 is 1.45 bits per heavy atom. The average molecular weight is 318 g/mol. The summed E-state index contributed by atoms with van der Waals surface area (Å²) >= 11 is 6.01. The standard InChI is InChI=1S/C14H20ClNO3S/c1-11-8-12(2-3-14(11)15)9-16(5-6-17)13-4-7-20(18,19)10-13/h2-3,8,13,17H,4-7,9-10H2,1H3. The first-order valence-corrected chi connectivity index (χ1v) is 8.91. The summed E-state index contributed by atoms with van der Waals surface area (Å²) in [7, 11) is -2.91. The number of rotatable bonds is 5. The van der Waals surface area contributed by atoms with Crippen molar-refractivity contribution in [2.24, 2.45) is 0 Å². The average Bonchev–Trinajstić information content (AvgIpc) is 2.74. The van der Waals surface area contributed by atoms with Gasteiger partial charge < -0.3 is 5.11 Å². The minimum atomic E-state index is -2.91. The number of hydrogen-bond donors (Lipinski definition) is 1.